The Morgan fingerprint density at radius 2 is 1.95 bits per heavy atom. The fourth-order valence-corrected chi connectivity index (χ4v) is 2.43. The Hall–Kier alpha value is -1.19. The zero-order valence-electron chi connectivity index (χ0n) is 12.1. The zero-order chi connectivity index (χ0) is 13.8. The number of nitrogens with zero attached hydrogens (tertiary/aromatic N) is 2. The molecule has 0 amide bonds. The Balaban J connectivity index is 0.00000200. The molecule has 21 heavy (non-hydrogen) atoms. The Labute approximate surface area is 137 Å². The number of rotatable bonds is 3. The first-order valence-electron chi connectivity index (χ1n) is 6.43. The van der Waals surface area contributed by atoms with Crippen LogP contribution in [0.15, 0.2) is 12.1 Å². The highest BCUT2D eigenvalue weighted by molar-refractivity contribution is 5.85. The van der Waals surface area contributed by atoms with E-state index in [-0.39, 0.29) is 36.6 Å². The summed E-state index contributed by atoms with van der Waals surface area (Å²) in [4.78, 5) is 2.28. The van der Waals surface area contributed by atoms with Crippen LogP contribution < -0.4 is 10.1 Å². The van der Waals surface area contributed by atoms with Gasteiger partial charge in [-0.2, -0.15) is 5.26 Å². The molecule has 0 radical (unpaired) electrons. The lowest BCUT2D eigenvalue weighted by molar-refractivity contribution is 0.182. The predicted octanol–water partition coefficient (Wildman–Crippen LogP) is 2.08. The lowest BCUT2D eigenvalue weighted by Gasteiger charge is -2.33. The normalized spacial score (nSPS) is 16.0. The van der Waals surface area contributed by atoms with Gasteiger partial charge in [0.15, 0.2) is 11.5 Å². The van der Waals surface area contributed by atoms with Gasteiger partial charge in [-0.1, -0.05) is 0 Å². The molecule has 118 valence electrons. The number of hydrogen-bond donors (Lipinski definition) is 2. The Morgan fingerprint density at radius 3 is 2.48 bits per heavy atom. The molecular formula is C14H21Cl2N3O2. The second kappa shape index (κ2) is 8.96. The van der Waals surface area contributed by atoms with Crippen LogP contribution in [-0.4, -0.2) is 43.3 Å². The van der Waals surface area contributed by atoms with Crippen LogP contribution in [0.25, 0.3) is 0 Å². The number of phenolic OH excluding ortho intramolecular Hbond substituents is 1. The maximum Gasteiger partial charge on any atom is 0.162 e. The number of hydrogen-bond acceptors (Lipinski definition) is 5. The van der Waals surface area contributed by atoms with Gasteiger partial charge in [-0.3, -0.25) is 4.90 Å². The maximum absolute atomic E-state index is 10.2. The first-order chi connectivity index (χ1) is 9.17. The summed E-state index contributed by atoms with van der Waals surface area (Å²) in [5.74, 6) is 0.489. The number of nitrogens with one attached hydrogen (secondary N) is 1. The van der Waals surface area contributed by atoms with Gasteiger partial charge in [0.25, 0.3) is 0 Å². The van der Waals surface area contributed by atoms with Crippen LogP contribution in [-0.2, 0) is 0 Å². The summed E-state index contributed by atoms with van der Waals surface area (Å²) in [5, 5.41) is 22.6. The molecule has 2 N–H and O–H groups in total. The van der Waals surface area contributed by atoms with Gasteiger partial charge in [-0.15, -0.1) is 24.8 Å². The van der Waals surface area contributed by atoms with Crippen molar-refractivity contribution >= 4 is 24.8 Å². The number of halogens is 2. The number of aromatic hydroxyl groups is 1. The van der Waals surface area contributed by atoms with Crippen molar-refractivity contribution in [3.05, 3.63) is 23.3 Å². The van der Waals surface area contributed by atoms with E-state index >= 15 is 0 Å². The molecule has 1 aromatic rings. The van der Waals surface area contributed by atoms with Gasteiger partial charge in [-0.05, 0) is 13.0 Å². The molecule has 5 nitrogen and oxygen atoms in total. The van der Waals surface area contributed by atoms with E-state index in [0.29, 0.717) is 11.3 Å². The number of ether oxygens (including phenoxy) is 1. The molecule has 0 saturated carbocycles. The quantitative estimate of drug-likeness (QED) is 0.886. The minimum Gasteiger partial charge on any atom is -0.504 e. The SMILES string of the molecule is COc1cc(C#N)cc([C@H](C)N2CCNCC2)c1O.Cl.Cl. The molecule has 1 aliphatic rings. The van der Waals surface area contributed by atoms with Crippen LogP contribution in [0.4, 0.5) is 0 Å². The standard InChI is InChI=1S/C14H19N3O2.2ClH/c1-10(17-5-3-16-4-6-17)12-7-11(9-15)8-13(19-2)14(12)18;;/h7-8,10,16,18H,3-6H2,1-2H3;2*1H/t10-;;/m0../s1. The second-order valence-electron chi connectivity index (χ2n) is 4.69. The molecule has 1 heterocycles. The highest BCUT2D eigenvalue weighted by atomic mass is 35.5. The number of piperazine rings is 1. The molecular weight excluding hydrogens is 313 g/mol. The van der Waals surface area contributed by atoms with E-state index in [4.69, 9.17) is 10.00 Å². The first-order valence-corrected chi connectivity index (χ1v) is 6.43. The van der Waals surface area contributed by atoms with Crippen molar-refractivity contribution in [2.75, 3.05) is 33.3 Å². The predicted molar refractivity (Wildman–Crippen MR) is 86.7 cm³/mol. The zero-order valence-corrected chi connectivity index (χ0v) is 13.8. The van der Waals surface area contributed by atoms with Crippen LogP contribution in [0.5, 0.6) is 11.5 Å². The lowest BCUT2D eigenvalue weighted by atomic mass is 10.0. The van der Waals surface area contributed by atoms with E-state index in [0.717, 1.165) is 31.7 Å². The minimum absolute atomic E-state index is 0. The number of phenols is 1. The largest absolute Gasteiger partial charge is 0.504 e. The third kappa shape index (κ3) is 4.39. The Kier molecular flexibility index (Phi) is 8.45. The van der Waals surface area contributed by atoms with E-state index in [1.165, 1.54) is 7.11 Å². The average Bonchev–Trinajstić information content (AvgIpc) is 2.47. The Bertz CT molecular complexity index is 500. The molecule has 0 unspecified atom stereocenters. The third-order valence-corrected chi connectivity index (χ3v) is 3.60. The van der Waals surface area contributed by atoms with E-state index in [9.17, 15) is 5.11 Å². The van der Waals surface area contributed by atoms with Crippen molar-refractivity contribution in [3.8, 4) is 17.6 Å². The summed E-state index contributed by atoms with van der Waals surface area (Å²) in [6, 6.07) is 5.46. The molecule has 2 rings (SSSR count). The van der Waals surface area contributed by atoms with Crippen LogP contribution >= 0.6 is 24.8 Å². The third-order valence-electron chi connectivity index (χ3n) is 3.60. The van der Waals surface area contributed by atoms with Gasteiger partial charge in [-0.25, -0.2) is 0 Å². The molecule has 0 aromatic heterocycles. The van der Waals surface area contributed by atoms with Crippen molar-refractivity contribution < 1.29 is 9.84 Å². The molecule has 1 aliphatic heterocycles. The molecule has 0 spiro atoms. The van der Waals surface area contributed by atoms with Crippen molar-refractivity contribution in [3.63, 3.8) is 0 Å². The van der Waals surface area contributed by atoms with Crippen LogP contribution in [0.3, 0.4) is 0 Å². The summed E-state index contributed by atoms with van der Waals surface area (Å²) < 4.78 is 5.13. The van der Waals surface area contributed by atoms with E-state index in [1.807, 2.05) is 6.92 Å². The van der Waals surface area contributed by atoms with Crippen LogP contribution in [0.2, 0.25) is 0 Å². The molecule has 1 aromatic carbocycles. The minimum atomic E-state index is 0. The van der Waals surface area contributed by atoms with Crippen molar-refractivity contribution in [2.24, 2.45) is 0 Å². The van der Waals surface area contributed by atoms with Gasteiger partial charge in [0, 0.05) is 43.9 Å². The fourth-order valence-electron chi connectivity index (χ4n) is 2.43. The average molecular weight is 334 g/mol. The fraction of sp³-hybridized carbons (Fsp3) is 0.500. The topological polar surface area (TPSA) is 68.5 Å². The van der Waals surface area contributed by atoms with Gasteiger partial charge in [0.1, 0.15) is 0 Å². The van der Waals surface area contributed by atoms with Crippen molar-refractivity contribution in [1.29, 1.82) is 5.26 Å². The summed E-state index contributed by atoms with van der Waals surface area (Å²) in [6.45, 7) is 5.79. The summed E-state index contributed by atoms with van der Waals surface area (Å²) in [5.41, 5.74) is 1.25. The summed E-state index contributed by atoms with van der Waals surface area (Å²) in [6.07, 6.45) is 0. The van der Waals surface area contributed by atoms with Crippen molar-refractivity contribution in [1.82, 2.24) is 10.2 Å². The highest BCUT2D eigenvalue weighted by Crippen LogP contribution is 2.37. The van der Waals surface area contributed by atoms with E-state index in [2.05, 4.69) is 16.3 Å². The van der Waals surface area contributed by atoms with Gasteiger partial charge in [0.05, 0.1) is 18.7 Å². The van der Waals surface area contributed by atoms with E-state index < -0.39 is 0 Å². The highest BCUT2D eigenvalue weighted by Gasteiger charge is 2.22. The molecule has 1 fully saturated rings. The first kappa shape index (κ1) is 19.8. The molecule has 1 atom stereocenters. The van der Waals surface area contributed by atoms with Crippen LogP contribution in [0.1, 0.15) is 24.1 Å². The smallest absolute Gasteiger partial charge is 0.162 e. The number of nitriles is 1. The second-order valence-corrected chi connectivity index (χ2v) is 4.69. The van der Waals surface area contributed by atoms with Gasteiger partial charge < -0.3 is 15.2 Å². The van der Waals surface area contributed by atoms with Gasteiger partial charge in [0.2, 0.25) is 0 Å². The Morgan fingerprint density at radius 1 is 1.33 bits per heavy atom. The van der Waals surface area contributed by atoms with E-state index in [1.54, 1.807) is 12.1 Å². The molecule has 1 saturated heterocycles. The molecule has 7 heteroatoms. The molecule has 0 bridgehead atoms. The number of methoxy groups -OCH3 is 1. The lowest BCUT2D eigenvalue weighted by Crippen LogP contribution is -2.44. The van der Waals surface area contributed by atoms with Crippen LogP contribution in [0, 0.1) is 11.3 Å². The summed E-state index contributed by atoms with van der Waals surface area (Å²) >= 11 is 0. The maximum atomic E-state index is 10.2. The molecule has 0 aliphatic carbocycles. The van der Waals surface area contributed by atoms with Crippen molar-refractivity contribution in [2.45, 2.75) is 13.0 Å². The monoisotopic (exact) mass is 333 g/mol. The summed E-state index contributed by atoms with van der Waals surface area (Å²) in [7, 11) is 1.50. The number of benzene rings is 1. The van der Waals surface area contributed by atoms with Gasteiger partial charge >= 0.3 is 0 Å².